The molecule has 0 radical (unpaired) electrons. The second-order valence-electron chi connectivity index (χ2n) is 2.54. The van der Waals surface area contributed by atoms with E-state index in [1.165, 1.54) is 12.1 Å². The highest BCUT2D eigenvalue weighted by Crippen LogP contribution is 2.10. The van der Waals surface area contributed by atoms with Gasteiger partial charge in [-0.25, -0.2) is 4.79 Å². The van der Waals surface area contributed by atoms with E-state index in [0.717, 1.165) is 6.07 Å². The first-order chi connectivity index (χ1) is 6.56. The van der Waals surface area contributed by atoms with Gasteiger partial charge in [0.25, 0.3) is 0 Å². The number of hydrogen-bond donors (Lipinski definition) is 2. The molecule has 1 aromatic carbocycles. The van der Waals surface area contributed by atoms with Gasteiger partial charge in [0.2, 0.25) is 5.91 Å². The maximum atomic E-state index is 10.8. The standard InChI is InChI=1S/C9H6N2O3/c10-4-6-3-5(9(13)14)1-2-7(6)8(11)12/h1-3H,(H2,11,12)(H,13,14). The molecule has 0 heterocycles. The molecule has 70 valence electrons. The van der Waals surface area contributed by atoms with Crippen molar-refractivity contribution < 1.29 is 14.7 Å². The van der Waals surface area contributed by atoms with E-state index in [1.807, 2.05) is 0 Å². The number of nitriles is 1. The normalized spacial score (nSPS) is 9.07. The Hall–Kier alpha value is -2.35. The van der Waals surface area contributed by atoms with E-state index >= 15 is 0 Å². The topological polar surface area (TPSA) is 104 Å². The van der Waals surface area contributed by atoms with Gasteiger partial charge in [0.05, 0.1) is 22.8 Å². The summed E-state index contributed by atoms with van der Waals surface area (Å²) in [5.41, 5.74) is 4.92. The van der Waals surface area contributed by atoms with Gasteiger partial charge >= 0.3 is 5.97 Å². The number of hydrogen-bond acceptors (Lipinski definition) is 3. The summed E-state index contributed by atoms with van der Waals surface area (Å²) in [6.07, 6.45) is 0. The fraction of sp³-hybridized carbons (Fsp3) is 0. The summed E-state index contributed by atoms with van der Waals surface area (Å²) in [7, 11) is 0. The molecule has 0 saturated carbocycles. The van der Waals surface area contributed by atoms with Crippen molar-refractivity contribution in [1.82, 2.24) is 0 Å². The minimum Gasteiger partial charge on any atom is -0.478 e. The van der Waals surface area contributed by atoms with Crippen molar-refractivity contribution in [2.45, 2.75) is 0 Å². The average molecular weight is 190 g/mol. The minimum atomic E-state index is -1.16. The second-order valence-corrected chi connectivity index (χ2v) is 2.54. The van der Waals surface area contributed by atoms with Gasteiger partial charge < -0.3 is 10.8 Å². The van der Waals surface area contributed by atoms with Gasteiger partial charge in [0.1, 0.15) is 0 Å². The molecule has 0 unspecified atom stereocenters. The molecule has 3 N–H and O–H groups in total. The van der Waals surface area contributed by atoms with Crippen molar-refractivity contribution in [2.75, 3.05) is 0 Å². The van der Waals surface area contributed by atoms with Gasteiger partial charge in [-0.1, -0.05) is 0 Å². The number of nitrogens with zero attached hydrogens (tertiary/aromatic N) is 1. The fourth-order valence-corrected chi connectivity index (χ4v) is 0.985. The monoisotopic (exact) mass is 190 g/mol. The van der Waals surface area contributed by atoms with Crippen molar-refractivity contribution in [3.05, 3.63) is 34.9 Å². The van der Waals surface area contributed by atoms with Crippen LogP contribution < -0.4 is 5.73 Å². The van der Waals surface area contributed by atoms with E-state index in [2.05, 4.69) is 0 Å². The molecule has 0 spiro atoms. The number of aromatic carboxylic acids is 1. The van der Waals surface area contributed by atoms with Crippen LogP contribution in [-0.2, 0) is 0 Å². The Morgan fingerprint density at radius 1 is 1.43 bits per heavy atom. The summed E-state index contributed by atoms with van der Waals surface area (Å²) < 4.78 is 0. The predicted molar refractivity (Wildman–Crippen MR) is 46.6 cm³/mol. The van der Waals surface area contributed by atoms with Gasteiger partial charge in [-0.15, -0.1) is 0 Å². The van der Waals surface area contributed by atoms with Crippen molar-refractivity contribution in [3.63, 3.8) is 0 Å². The van der Waals surface area contributed by atoms with Crippen LogP contribution in [0.4, 0.5) is 0 Å². The van der Waals surface area contributed by atoms with Crippen LogP contribution in [0.2, 0.25) is 0 Å². The molecule has 0 bridgehead atoms. The van der Waals surface area contributed by atoms with E-state index in [1.54, 1.807) is 6.07 Å². The molecule has 0 aliphatic heterocycles. The van der Waals surface area contributed by atoms with Crippen molar-refractivity contribution in [2.24, 2.45) is 5.73 Å². The summed E-state index contributed by atoms with van der Waals surface area (Å²) >= 11 is 0. The smallest absolute Gasteiger partial charge is 0.335 e. The highest BCUT2D eigenvalue weighted by atomic mass is 16.4. The molecule has 0 aliphatic carbocycles. The summed E-state index contributed by atoms with van der Waals surface area (Å²) in [6, 6.07) is 5.27. The van der Waals surface area contributed by atoms with Gasteiger partial charge in [-0.3, -0.25) is 4.79 Å². The Morgan fingerprint density at radius 2 is 2.07 bits per heavy atom. The zero-order chi connectivity index (χ0) is 10.7. The minimum absolute atomic E-state index is 0.0255. The van der Waals surface area contributed by atoms with Crippen molar-refractivity contribution in [3.8, 4) is 6.07 Å². The Labute approximate surface area is 79.4 Å². The molecule has 1 aromatic rings. The van der Waals surface area contributed by atoms with Gasteiger partial charge in [-0.2, -0.15) is 5.26 Å². The summed E-state index contributed by atoms with van der Waals surface area (Å²) in [4.78, 5) is 21.3. The maximum absolute atomic E-state index is 10.8. The predicted octanol–water partition coefficient (Wildman–Crippen LogP) is 0.355. The van der Waals surface area contributed by atoms with Gasteiger partial charge in [0, 0.05) is 0 Å². The van der Waals surface area contributed by atoms with Crippen LogP contribution in [0.1, 0.15) is 26.3 Å². The molecule has 1 amide bonds. The third-order valence-corrected chi connectivity index (χ3v) is 1.65. The number of nitrogens with two attached hydrogens (primary N) is 1. The molecular formula is C9H6N2O3. The first kappa shape index (κ1) is 9.74. The molecule has 0 aliphatic rings. The number of carboxylic acids is 1. The van der Waals surface area contributed by atoms with Crippen LogP contribution >= 0.6 is 0 Å². The largest absolute Gasteiger partial charge is 0.478 e. The summed E-state index contributed by atoms with van der Waals surface area (Å²) in [5.74, 6) is -1.91. The quantitative estimate of drug-likeness (QED) is 0.702. The fourth-order valence-electron chi connectivity index (χ4n) is 0.985. The molecular weight excluding hydrogens is 184 g/mol. The number of benzene rings is 1. The molecule has 14 heavy (non-hydrogen) atoms. The van der Waals surface area contributed by atoms with Crippen LogP contribution in [-0.4, -0.2) is 17.0 Å². The number of rotatable bonds is 2. The molecule has 0 aromatic heterocycles. The van der Waals surface area contributed by atoms with Crippen LogP contribution in [0.25, 0.3) is 0 Å². The van der Waals surface area contributed by atoms with E-state index in [-0.39, 0.29) is 16.7 Å². The SMILES string of the molecule is N#Cc1cc(C(=O)O)ccc1C(N)=O. The number of amides is 1. The zero-order valence-corrected chi connectivity index (χ0v) is 7.02. The number of carbonyl (C=O) groups excluding carboxylic acids is 1. The maximum Gasteiger partial charge on any atom is 0.335 e. The van der Waals surface area contributed by atoms with Crippen molar-refractivity contribution >= 4 is 11.9 Å². The molecule has 0 atom stereocenters. The molecule has 0 fully saturated rings. The second kappa shape index (κ2) is 3.58. The Balaban J connectivity index is 3.34. The van der Waals surface area contributed by atoms with Crippen LogP contribution in [0, 0.1) is 11.3 Å². The lowest BCUT2D eigenvalue weighted by molar-refractivity contribution is 0.0696. The first-order valence-corrected chi connectivity index (χ1v) is 3.63. The lowest BCUT2D eigenvalue weighted by atomic mass is 10.0. The Kier molecular flexibility index (Phi) is 2.49. The summed E-state index contributed by atoms with van der Waals surface area (Å²) in [6.45, 7) is 0. The zero-order valence-electron chi connectivity index (χ0n) is 7.02. The van der Waals surface area contributed by atoms with E-state index in [4.69, 9.17) is 16.1 Å². The van der Waals surface area contributed by atoms with Crippen LogP contribution in [0.15, 0.2) is 18.2 Å². The Bertz CT molecular complexity index is 446. The van der Waals surface area contributed by atoms with E-state index in [0.29, 0.717) is 0 Å². The molecule has 5 nitrogen and oxygen atoms in total. The Morgan fingerprint density at radius 3 is 2.50 bits per heavy atom. The van der Waals surface area contributed by atoms with Crippen LogP contribution in [0.5, 0.6) is 0 Å². The summed E-state index contributed by atoms with van der Waals surface area (Å²) in [5, 5.41) is 17.2. The number of carbonyl (C=O) groups is 2. The van der Waals surface area contributed by atoms with Gasteiger partial charge in [-0.05, 0) is 18.2 Å². The highest BCUT2D eigenvalue weighted by molar-refractivity contribution is 5.97. The van der Waals surface area contributed by atoms with E-state index < -0.39 is 11.9 Å². The first-order valence-electron chi connectivity index (χ1n) is 3.63. The third-order valence-electron chi connectivity index (χ3n) is 1.65. The molecule has 1 rings (SSSR count). The van der Waals surface area contributed by atoms with E-state index in [9.17, 15) is 9.59 Å². The number of carboxylic acid groups (broad SMARTS) is 1. The lowest BCUT2D eigenvalue weighted by Gasteiger charge is -1.99. The third kappa shape index (κ3) is 1.69. The van der Waals surface area contributed by atoms with Gasteiger partial charge in [0.15, 0.2) is 0 Å². The average Bonchev–Trinajstić information content (AvgIpc) is 2.16. The van der Waals surface area contributed by atoms with Crippen molar-refractivity contribution in [1.29, 1.82) is 5.26 Å². The molecule has 0 saturated heterocycles. The molecule has 5 heteroatoms. The number of primary amides is 1. The lowest BCUT2D eigenvalue weighted by Crippen LogP contribution is -2.13. The van der Waals surface area contributed by atoms with Crippen LogP contribution in [0.3, 0.4) is 0 Å². The highest BCUT2D eigenvalue weighted by Gasteiger charge is 2.11.